The first-order valence-corrected chi connectivity index (χ1v) is 12.4. The van der Waals surface area contributed by atoms with Crippen LogP contribution in [0, 0.1) is 24.0 Å². The molecule has 1 heterocycles. The number of benzene rings is 2. The lowest BCUT2D eigenvalue weighted by Crippen LogP contribution is -2.39. The zero-order valence-electron chi connectivity index (χ0n) is 19.2. The summed E-state index contributed by atoms with van der Waals surface area (Å²) in [6.45, 7) is 5.42. The number of carbonyl (C=O) groups is 1. The van der Waals surface area contributed by atoms with Crippen molar-refractivity contribution in [2.75, 3.05) is 48.3 Å². The molecule has 0 bridgehead atoms. The summed E-state index contributed by atoms with van der Waals surface area (Å²) in [5.41, 5.74) is 5.37. The zero-order chi connectivity index (χ0) is 24.9. The van der Waals surface area contributed by atoms with Crippen molar-refractivity contribution in [3.8, 4) is 0 Å². The number of nitro groups is 1. The number of nitro benzene ring substituents is 1. The molecule has 0 saturated carbocycles. The van der Waals surface area contributed by atoms with E-state index in [2.05, 4.69) is 10.5 Å². The van der Waals surface area contributed by atoms with Gasteiger partial charge in [-0.05, 0) is 37.1 Å². The van der Waals surface area contributed by atoms with Crippen molar-refractivity contribution in [2.24, 2.45) is 5.10 Å². The molecule has 1 N–H and O–H groups in total. The van der Waals surface area contributed by atoms with Gasteiger partial charge in [0.15, 0.2) is 0 Å². The molecule has 1 amide bonds. The predicted octanol–water partition coefficient (Wildman–Crippen LogP) is 1.96. The summed E-state index contributed by atoms with van der Waals surface area (Å²) in [6.07, 6.45) is 2.35. The van der Waals surface area contributed by atoms with Gasteiger partial charge in [0.1, 0.15) is 6.54 Å². The van der Waals surface area contributed by atoms with Gasteiger partial charge >= 0.3 is 0 Å². The molecular formula is C22H27N5O6S. The third kappa shape index (κ3) is 6.29. The molecule has 0 aliphatic carbocycles. The topological polar surface area (TPSA) is 134 Å². The van der Waals surface area contributed by atoms with Crippen molar-refractivity contribution < 1.29 is 22.9 Å². The molecule has 3 rings (SSSR count). The molecular weight excluding hydrogens is 462 g/mol. The van der Waals surface area contributed by atoms with E-state index in [1.165, 1.54) is 18.3 Å². The summed E-state index contributed by atoms with van der Waals surface area (Å²) in [6, 6.07) is 9.76. The van der Waals surface area contributed by atoms with E-state index in [1.807, 2.05) is 17.9 Å². The Morgan fingerprint density at radius 1 is 1.24 bits per heavy atom. The van der Waals surface area contributed by atoms with Crippen molar-refractivity contribution in [3.63, 3.8) is 0 Å². The minimum absolute atomic E-state index is 0.108. The number of hydrogen-bond donors (Lipinski definition) is 1. The average molecular weight is 490 g/mol. The van der Waals surface area contributed by atoms with Gasteiger partial charge in [0.05, 0.1) is 36.3 Å². The van der Waals surface area contributed by atoms with Crippen LogP contribution < -0.4 is 14.6 Å². The smallest absolute Gasteiger partial charge is 0.270 e. The lowest BCUT2D eigenvalue weighted by Gasteiger charge is -2.29. The van der Waals surface area contributed by atoms with Crippen LogP contribution in [0.1, 0.15) is 16.7 Å². The van der Waals surface area contributed by atoms with E-state index >= 15 is 0 Å². The van der Waals surface area contributed by atoms with Crippen LogP contribution in [0.2, 0.25) is 0 Å². The fourth-order valence-corrected chi connectivity index (χ4v) is 4.47. The maximum absolute atomic E-state index is 12.6. The molecule has 0 aromatic heterocycles. The lowest BCUT2D eigenvalue weighted by molar-refractivity contribution is -0.384. The molecule has 0 radical (unpaired) electrons. The van der Waals surface area contributed by atoms with E-state index in [4.69, 9.17) is 4.74 Å². The van der Waals surface area contributed by atoms with Crippen LogP contribution >= 0.6 is 0 Å². The highest BCUT2D eigenvalue weighted by Crippen LogP contribution is 2.26. The normalized spacial score (nSPS) is 14.3. The molecule has 34 heavy (non-hydrogen) atoms. The standard InChI is InChI=1S/C22H27N5O6S/c1-16-4-5-17(2)21(12-16)26(34(3,31)32)15-22(28)24-23-14-18-13-19(27(29)30)6-7-20(18)25-8-10-33-11-9-25/h4-7,12-14H,8-11,15H2,1-3H3,(H,24,28)/b23-14-. The van der Waals surface area contributed by atoms with E-state index < -0.39 is 27.4 Å². The van der Waals surface area contributed by atoms with Crippen LogP contribution in [0.4, 0.5) is 17.1 Å². The van der Waals surface area contributed by atoms with E-state index in [0.29, 0.717) is 43.1 Å². The fraction of sp³-hybridized carbons (Fsp3) is 0.364. The highest BCUT2D eigenvalue weighted by molar-refractivity contribution is 7.92. The number of rotatable bonds is 8. The van der Waals surface area contributed by atoms with E-state index in [9.17, 15) is 23.3 Å². The van der Waals surface area contributed by atoms with Gasteiger partial charge in [-0.2, -0.15) is 5.10 Å². The first-order chi connectivity index (χ1) is 16.1. The highest BCUT2D eigenvalue weighted by Gasteiger charge is 2.22. The minimum atomic E-state index is -3.74. The summed E-state index contributed by atoms with van der Waals surface area (Å²) in [7, 11) is -3.74. The van der Waals surface area contributed by atoms with Crippen LogP contribution in [0.25, 0.3) is 0 Å². The van der Waals surface area contributed by atoms with Gasteiger partial charge in [0.25, 0.3) is 11.6 Å². The number of anilines is 2. The van der Waals surface area contributed by atoms with Crippen molar-refractivity contribution >= 4 is 39.2 Å². The third-order valence-corrected chi connectivity index (χ3v) is 6.41. The van der Waals surface area contributed by atoms with Crippen molar-refractivity contribution in [2.45, 2.75) is 13.8 Å². The molecule has 1 aliphatic heterocycles. The molecule has 1 aliphatic rings. The van der Waals surface area contributed by atoms with Crippen LogP contribution in [0.3, 0.4) is 0 Å². The molecule has 0 unspecified atom stereocenters. The first-order valence-electron chi connectivity index (χ1n) is 10.5. The van der Waals surface area contributed by atoms with Crippen LogP contribution in [0.5, 0.6) is 0 Å². The Bertz CT molecular complexity index is 1210. The summed E-state index contributed by atoms with van der Waals surface area (Å²) >= 11 is 0. The number of ether oxygens (including phenoxy) is 1. The molecule has 1 fully saturated rings. The Morgan fingerprint density at radius 3 is 2.59 bits per heavy atom. The van der Waals surface area contributed by atoms with Gasteiger partial charge < -0.3 is 9.64 Å². The lowest BCUT2D eigenvalue weighted by atomic mass is 10.1. The van der Waals surface area contributed by atoms with Crippen molar-refractivity contribution in [1.29, 1.82) is 0 Å². The monoisotopic (exact) mass is 489 g/mol. The molecule has 12 heteroatoms. The number of carbonyl (C=O) groups excluding carboxylic acids is 1. The van der Waals surface area contributed by atoms with E-state index in [1.54, 1.807) is 25.1 Å². The SMILES string of the molecule is Cc1ccc(C)c(N(CC(=O)N/N=C\c2cc([N+](=O)[O-])ccc2N2CCOCC2)S(C)(=O)=O)c1. The second kappa shape index (κ2) is 10.6. The maximum atomic E-state index is 12.6. The molecule has 0 atom stereocenters. The molecule has 0 spiro atoms. The number of hydrogen-bond acceptors (Lipinski definition) is 8. The second-order valence-electron chi connectivity index (χ2n) is 7.95. The van der Waals surface area contributed by atoms with Gasteiger partial charge in [-0.1, -0.05) is 12.1 Å². The van der Waals surface area contributed by atoms with E-state index in [-0.39, 0.29) is 5.69 Å². The predicted molar refractivity (Wildman–Crippen MR) is 130 cm³/mol. The van der Waals surface area contributed by atoms with Crippen LogP contribution in [0.15, 0.2) is 41.5 Å². The fourth-order valence-electron chi connectivity index (χ4n) is 3.56. The number of nitrogens with one attached hydrogen (secondary N) is 1. The van der Waals surface area contributed by atoms with Gasteiger partial charge in [0.2, 0.25) is 10.0 Å². The largest absolute Gasteiger partial charge is 0.378 e. The highest BCUT2D eigenvalue weighted by atomic mass is 32.2. The van der Waals surface area contributed by atoms with Crippen molar-refractivity contribution in [3.05, 3.63) is 63.2 Å². The third-order valence-electron chi connectivity index (χ3n) is 5.29. The van der Waals surface area contributed by atoms with Gasteiger partial charge in [-0.3, -0.25) is 19.2 Å². The minimum Gasteiger partial charge on any atom is -0.378 e. The summed E-state index contributed by atoms with van der Waals surface area (Å²) in [5, 5.41) is 15.2. The van der Waals surface area contributed by atoms with Gasteiger partial charge in [0, 0.05) is 36.5 Å². The Kier molecular flexibility index (Phi) is 7.84. The number of hydrazone groups is 1. The average Bonchev–Trinajstić information content (AvgIpc) is 2.79. The zero-order valence-corrected chi connectivity index (χ0v) is 20.0. The maximum Gasteiger partial charge on any atom is 0.270 e. The number of sulfonamides is 1. The number of amides is 1. The van der Waals surface area contributed by atoms with Gasteiger partial charge in [-0.25, -0.2) is 13.8 Å². The summed E-state index contributed by atoms with van der Waals surface area (Å²) in [5.74, 6) is -0.652. The van der Waals surface area contributed by atoms with Crippen molar-refractivity contribution in [1.82, 2.24) is 5.43 Å². The summed E-state index contributed by atoms with van der Waals surface area (Å²) in [4.78, 5) is 25.3. The van der Waals surface area contributed by atoms with Gasteiger partial charge in [-0.15, -0.1) is 0 Å². The molecule has 182 valence electrons. The Balaban J connectivity index is 1.79. The number of morpholine rings is 1. The Hall–Kier alpha value is -3.51. The van der Waals surface area contributed by atoms with Crippen LogP contribution in [-0.4, -0.2) is 64.6 Å². The molecule has 2 aromatic carbocycles. The Labute approximate surface area is 198 Å². The number of nitrogens with zero attached hydrogens (tertiary/aromatic N) is 4. The van der Waals surface area contributed by atoms with E-state index in [0.717, 1.165) is 21.8 Å². The Morgan fingerprint density at radius 2 is 1.94 bits per heavy atom. The molecule has 2 aromatic rings. The summed E-state index contributed by atoms with van der Waals surface area (Å²) < 4.78 is 31.1. The molecule has 1 saturated heterocycles. The number of non-ortho nitro benzene ring substituents is 1. The number of aryl methyl sites for hydroxylation is 2. The molecule has 11 nitrogen and oxygen atoms in total. The van der Waals surface area contributed by atoms with Crippen LogP contribution in [-0.2, 0) is 19.6 Å². The quantitative estimate of drug-likeness (QED) is 0.340. The first kappa shape index (κ1) is 25.1. The second-order valence-corrected chi connectivity index (χ2v) is 9.86.